The number of benzene rings is 1. The quantitative estimate of drug-likeness (QED) is 0.750. The molecule has 1 aromatic carbocycles. The number of alkyl halides is 1. The van der Waals surface area contributed by atoms with Crippen molar-refractivity contribution in [1.82, 2.24) is 5.32 Å². The third-order valence-corrected chi connectivity index (χ3v) is 3.80. The minimum absolute atomic E-state index is 0.421. The van der Waals surface area contributed by atoms with Gasteiger partial charge < -0.3 is 5.32 Å². The van der Waals surface area contributed by atoms with Crippen molar-refractivity contribution in [2.45, 2.75) is 31.7 Å². The van der Waals surface area contributed by atoms with Gasteiger partial charge in [0, 0.05) is 11.9 Å². The molecule has 0 radical (unpaired) electrons. The van der Waals surface area contributed by atoms with Gasteiger partial charge in [0.2, 0.25) is 0 Å². The summed E-state index contributed by atoms with van der Waals surface area (Å²) in [6.45, 7) is 1.14. The normalized spacial score (nSPS) is 18.1. The van der Waals surface area contributed by atoms with Gasteiger partial charge in [0.25, 0.3) is 0 Å². The lowest BCUT2D eigenvalue weighted by Gasteiger charge is -2.28. The molecule has 1 atom stereocenters. The second-order valence-corrected chi connectivity index (χ2v) is 5.05. The molecule has 0 aliphatic heterocycles. The Balaban J connectivity index is 1.76. The van der Waals surface area contributed by atoms with Crippen molar-refractivity contribution in [3.8, 4) is 0 Å². The maximum Gasteiger partial charge on any atom is 0.0380 e. The second kappa shape index (κ2) is 6.27. The molecule has 0 saturated heterocycles. The lowest BCUT2D eigenvalue weighted by molar-refractivity contribution is 0.291. The molecule has 0 bridgehead atoms. The predicted octanol–water partition coefficient (Wildman–Crippen LogP) is 3.23. The Hall–Kier alpha value is -0.530. The topological polar surface area (TPSA) is 12.0 Å². The molecule has 1 saturated carbocycles. The van der Waals surface area contributed by atoms with Gasteiger partial charge in [-0.15, -0.1) is 11.6 Å². The van der Waals surface area contributed by atoms with Gasteiger partial charge >= 0.3 is 0 Å². The van der Waals surface area contributed by atoms with E-state index < -0.39 is 0 Å². The Kier molecular flexibility index (Phi) is 4.68. The van der Waals surface area contributed by atoms with Crippen molar-refractivity contribution in [2.75, 3.05) is 12.4 Å². The lowest BCUT2D eigenvalue weighted by atomic mass is 9.85. The van der Waals surface area contributed by atoms with E-state index in [-0.39, 0.29) is 0 Å². The zero-order valence-electron chi connectivity index (χ0n) is 9.66. The maximum absolute atomic E-state index is 6.00. The molecule has 1 aliphatic rings. The first-order valence-electron chi connectivity index (χ1n) is 6.21. The summed E-state index contributed by atoms with van der Waals surface area (Å²) < 4.78 is 0. The van der Waals surface area contributed by atoms with Crippen LogP contribution in [-0.4, -0.2) is 18.5 Å². The number of nitrogens with one attached hydrogen (secondary N) is 1. The van der Waals surface area contributed by atoms with E-state index in [4.69, 9.17) is 11.6 Å². The van der Waals surface area contributed by atoms with Crippen LogP contribution in [0.4, 0.5) is 0 Å². The third-order valence-electron chi connectivity index (χ3n) is 3.43. The average molecular weight is 238 g/mol. The van der Waals surface area contributed by atoms with E-state index in [2.05, 4.69) is 35.6 Å². The van der Waals surface area contributed by atoms with Crippen molar-refractivity contribution in [2.24, 2.45) is 5.92 Å². The molecule has 1 nitrogen and oxygen atoms in total. The van der Waals surface area contributed by atoms with Crippen molar-refractivity contribution >= 4 is 11.6 Å². The smallest absolute Gasteiger partial charge is 0.0380 e. The van der Waals surface area contributed by atoms with Gasteiger partial charge in [-0.3, -0.25) is 0 Å². The Labute approximate surface area is 103 Å². The molecule has 1 fully saturated rings. The number of rotatable bonds is 6. The van der Waals surface area contributed by atoms with Crippen molar-refractivity contribution in [1.29, 1.82) is 0 Å². The molecule has 1 aromatic rings. The Bertz CT molecular complexity index is 295. The summed E-state index contributed by atoms with van der Waals surface area (Å²) in [4.78, 5) is 0. The molecular formula is C14H20ClN. The Morgan fingerprint density at radius 3 is 2.56 bits per heavy atom. The van der Waals surface area contributed by atoms with E-state index in [1.165, 1.54) is 24.8 Å². The van der Waals surface area contributed by atoms with E-state index in [0.717, 1.165) is 18.9 Å². The van der Waals surface area contributed by atoms with Crippen LogP contribution in [0.1, 0.15) is 24.8 Å². The second-order valence-electron chi connectivity index (χ2n) is 4.75. The average Bonchev–Trinajstić information content (AvgIpc) is 2.27. The van der Waals surface area contributed by atoms with Gasteiger partial charge in [-0.25, -0.2) is 0 Å². The van der Waals surface area contributed by atoms with Gasteiger partial charge in [-0.2, -0.15) is 0 Å². The fourth-order valence-corrected chi connectivity index (χ4v) is 2.33. The summed E-state index contributed by atoms with van der Waals surface area (Å²) in [7, 11) is 0. The number of hydrogen-bond acceptors (Lipinski definition) is 1. The first-order chi connectivity index (χ1) is 7.88. The predicted molar refractivity (Wildman–Crippen MR) is 70.0 cm³/mol. The molecule has 16 heavy (non-hydrogen) atoms. The highest BCUT2D eigenvalue weighted by Gasteiger charge is 2.18. The minimum Gasteiger partial charge on any atom is -0.312 e. The molecule has 1 unspecified atom stereocenters. The fraction of sp³-hybridized carbons (Fsp3) is 0.571. The van der Waals surface area contributed by atoms with Crippen LogP contribution in [-0.2, 0) is 6.42 Å². The van der Waals surface area contributed by atoms with Crippen LogP contribution in [0.15, 0.2) is 30.3 Å². The summed E-state index contributed by atoms with van der Waals surface area (Å²) in [6.07, 6.45) is 5.24. The van der Waals surface area contributed by atoms with Crippen molar-refractivity contribution in [3.63, 3.8) is 0 Å². The van der Waals surface area contributed by atoms with E-state index in [1.54, 1.807) is 0 Å². The van der Waals surface area contributed by atoms with Gasteiger partial charge in [0.1, 0.15) is 0 Å². The van der Waals surface area contributed by atoms with Gasteiger partial charge in [-0.1, -0.05) is 36.8 Å². The number of hydrogen-bond donors (Lipinski definition) is 1. The molecule has 88 valence electrons. The zero-order chi connectivity index (χ0) is 11.2. The van der Waals surface area contributed by atoms with E-state index >= 15 is 0 Å². The molecule has 0 heterocycles. The Morgan fingerprint density at radius 1 is 1.25 bits per heavy atom. The van der Waals surface area contributed by atoms with Crippen LogP contribution in [0.25, 0.3) is 0 Å². The standard InChI is InChI=1S/C14H20ClN/c15-10-14(16-11-13-7-4-8-13)9-12-5-2-1-3-6-12/h1-3,5-6,13-14,16H,4,7-11H2. The van der Waals surface area contributed by atoms with Gasteiger partial charge in [-0.05, 0) is 37.3 Å². The lowest BCUT2D eigenvalue weighted by Crippen LogP contribution is -2.38. The minimum atomic E-state index is 0.421. The SMILES string of the molecule is ClCC(Cc1ccccc1)NCC1CCC1. The van der Waals surface area contributed by atoms with E-state index in [9.17, 15) is 0 Å². The van der Waals surface area contributed by atoms with Gasteiger partial charge in [0.05, 0.1) is 0 Å². The van der Waals surface area contributed by atoms with Gasteiger partial charge in [0.15, 0.2) is 0 Å². The summed E-state index contributed by atoms with van der Waals surface area (Å²) >= 11 is 6.00. The van der Waals surface area contributed by atoms with Crippen LogP contribution < -0.4 is 5.32 Å². The fourth-order valence-electron chi connectivity index (χ4n) is 2.11. The van der Waals surface area contributed by atoms with E-state index in [0.29, 0.717) is 11.9 Å². The summed E-state index contributed by atoms with van der Waals surface area (Å²) in [6, 6.07) is 11.0. The molecule has 1 aliphatic carbocycles. The molecule has 0 spiro atoms. The highest BCUT2D eigenvalue weighted by Crippen LogP contribution is 2.25. The molecule has 0 aromatic heterocycles. The third kappa shape index (κ3) is 3.50. The first-order valence-corrected chi connectivity index (χ1v) is 6.75. The van der Waals surface area contributed by atoms with Crippen LogP contribution in [0, 0.1) is 5.92 Å². The zero-order valence-corrected chi connectivity index (χ0v) is 10.4. The summed E-state index contributed by atoms with van der Waals surface area (Å²) in [5, 5.41) is 3.59. The Morgan fingerprint density at radius 2 is 2.00 bits per heavy atom. The molecule has 0 amide bonds. The highest BCUT2D eigenvalue weighted by molar-refractivity contribution is 6.18. The highest BCUT2D eigenvalue weighted by atomic mass is 35.5. The molecule has 1 N–H and O–H groups in total. The molecular weight excluding hydrogens is 218 g/mol. The number of halogens is 1. The molecule has 2 rings (SSSR count). The van der Waals surface area contributed by atoms with Crippen LogP contribution in [0.3, 0.4) is 0 Å². The van der Waals surface area contributed by atoms with Crippen LogP contribution in [0.5, 0.6) is 0 Å². The maximum atomic E-state index is 6.00. The van der Waals surface area contributed by atoms with Crippen LogP contribution >= 0.6 is 11.6 Å². The summed E-state index contributed by atoms with van der Waals surface area (Å²) in [5.74, 6) is 1.60. The van der Waals surface area contributed by atoms with Crippen LogP contribution in [0.2, 0.25) is 0 Å². The monoisotopic (exact) mass is 237 g/mol. The first kappa shape index (κ1) is 11.9. The van der Waals surface area contributed by atoms with Crippen molar-refractivity contribution in [3.05, 3.63) is 35.9 Å². The van der Waals surface area contributed by atoms with E-state index in [1.807, 2.05) is 0 Å². The van der Waals surface area contributed by atoms with Crippen molar-refractivity contribution < 1.29 is 0 Å². The summed E-state index contributed by atoms with van der Waals surface area (Å²) in [5.41, 5.74) is 1.37. The molecule has 2 heteroatoms. The largest absolute Gasteiger partial charge is 0.312 e.